The molecule has 6 heteroatoms. The van der Waals surface area contributed by atoms with Crippen LogP contribution in [-0.2, 0) is 6.54 Å². The Morgan fingerprint density at radius 2 is 2.29 bits per heavy atom. The molecule has 0 aliphatic carbocycles. The van der Waals surface area contributed by atoms with Crippen molar-refractivity contribution >= 4 is 0 Å². The second-order valence-corrected chi connectivity index (χ2v) is 2.74. The van der Waals surface area contributed by atoms with E-state index in [0.717, 1.165) is 5.69 Å². The Hall–Kier alpha value is -1.82. The van der Waals surface area contributed by atoms with Gasteiger partial charge in [0.2, 0.25) is 0 Å². The third-order valence-electron chi connectivity index (χ3n) is 1.68. The summed E-state index contributed by atoms with van der Waals surface area (Å²) in [6.45, 7) is 0.690. The summed E-state index contributed by atoms with van der Waals surface area (Å²) < 4.78 is 1.58. The average Bonchev–Trinajstić information content (AvgIpc) is 2.71. The third-order valence-corrected chi connectivity index (χ3v) is 1.68. The van der Waals surface area contributed by atoms with Crippen molar-refractivity contribution in [2.24, 2.45) is 0 Å². The molecule has 6 nitrogen and oxygen atoms in total. The molecule has 2 aromatic rings. The summed E-state index contributed by atoms with van der Waals surface area (Å²) in [5.41, 5.74) is 0.875. The van der Waals surface area contributed by atoms with Gasteiger partial charge in [-0.05, 0) is 7.05 Å². The van der Waals surface area contributed by atoms with Gasteiger partial charge in [0.05, 0.1) is 11.9 Å². The zero-order valence-electron chi connectivity index (χ0n) is 7.75. The molecule has 14 heavy (non-hydrogen) atoms. The first-order chi connectivity index (χ1) is 6.90. The minimum Gasteiger partial charge on any atom is -0.314 e. The van der Waals surface area contributed by atoms with Crippen molar-refractivity contribution in [2.75, 3.05) is 7.05 Å². The highest BCUT2D eigenvalue weighted by Crippen LogP contribution is 2.00. The van der Waals surface area contributed by atoms with Gasteiger partial charge in [0.1, 0.15) is 12.7 Å². The number of hydrogen-bond acceptors (Lipinski definition) is 5. The van der Waals surface area contributed by atoms with E-state index in [4.69, 9.17) is 0 Å². The Morgan fingerprint density at radius 3 is 3.00 bits per heavy atom. The van der Waals surface area contributed by atoms with Crippen LogP contribution in [0, 0.1) is 0 Å². The Morgan fingerprint density at radius 1 is 1.36 bits per heavy atom. The highest BCUT2D eigenvalue weighted by Gasteiger charge is 2.00. The number of hydrogen-bond donors (Lipinski definition) is 1. The van der Waals surface area contributed by atoms with E-state index in [1.807, 2.05) is 7.05 Å². The van der Waals surface area contributed by atoms with Crippen molar-refractivity contribution in [3.63, 3.8) is 0 Å². The molecule has 0 amide bonds. The molecule has 0 spiro atoms. The quantitative estimate of drug-likeness (QED) is 0.724. The monoisotopic (exact) mass is 190 g/mol. The molecule has 0 aliphatic heterocycles. The number of nitrogens with zero attached hydrogens (tertiary/aromatic N) is 5. The van der Waals surface area contributed by atoms with Gasteiger partial charge in [-0.2, -0.15) is 5.10 Å². The molecule has 1 N–H and O–H groups in total. The van der Waals surface area contributed by atoms with E-state index in [1.54, 1.807) is 23.4 Å². The molecular weight excluding hydrogens is 180 g/mol. The van der Waals surface area contributed by atoms with E-state index in [0.29, 0.717) is 12.4 Å². The van der Waals surface area contributed by atoms with Crippen LogP contribution in [0.25, 0.3) is 5.82 Å². The summed E-state index contributed by atoms with van der Waals surface area (Å²) in [6, 6.07) is 0. The molecule has 0 aliphatic rings. The molecule has 0 atom stereocenters. The molecule has 0 saturated heterocycles. The van der Waals surface area contributed by atoms with Crippen LogP contribution in [0.4, 0.5) is 0 Å². The van der Waals surface area contributed by atoms with Gasteiger partial charge in [-0.1, -0.05) is 0 Å². The SMILES string of the molecule is CNCc1cncc(-n2cncn2)n1. The molecule has 2 aromatic heterocycles. The predicted octanol–water partition coefficient (Wildman–Crippen LogP) is -0.223. The van der Waals surface area contributed by atoms with E-state index >= 15 is 0 Å². The standard InChI is InChI=1S/C8H10N6/c1-9-2-7-3-10-4-8(13-7)14-6-11-5-12-14/h3-6,9H,2H2,1H3. The van der Waals surface area contributed by atoms with E-state index in [1.165, 1.54) is 6.33 Å². The molecule has 0 bridgehead atoms. The molecule has 0 unspecified atom stereocenters. The van der Waals surface area contributed by atoms with Crippen molar-refractivity contribution in [2.45, 2.75) is 6.54 Å². The topological polar surface area (TPSA) is 68.5 Å². The van der Waals surface area contributed by atoms with Gasteiger partial charge in [-0.15, -0.1) is 0 Å². The molecule has 0 aromatic carbocycles. The van der Waals surface area contributed by atoms with Crippen LogP contribution in [0.2, 0.25) is 0 Å². The van der Waals surface area contributed by atoms with Crippen LogP contribution in [0.1, 0.15) is 5.69 Å². The fraction of sp³-hybridized carbons (Fsp3) is 0.250. The summed E-state index contributed by atoms with van der Waals surface area (Å²) >= 11 is 0. The van der Waals surface area contributed by atoms with Gasteiger partial charge in [0.25, 0.3) is 0 Å². The van der Waals surface area contributed by atoms with Gasteiger partial charge in [-0.3, -0.25) is 4.98 Å². The van der Waals surface area contributed by atoms with Crippen LogP contribution < -0.4 is 5.32 Å². The van der Waals surface area contributed by atoms with Crippen molar-refractivity contribution in [3.8, 4) is 5.82 Å². The zero-order chi connectivity index (χ0) is 9.80. The number of aromatic nitrogens is 5. The fourth-order valence-corrected chi connectivity index (χ4v) is 1.10. The van der Waals surface area contributed by atoms with Crippen LogP contribution in [-0.4, -0.2) is 31.8 Å². The van der Waals surface area contributed by atoms with Crippen LogP contribution in [0.15, 0.2) is 25.0 Å². The van der Waals surface area contributed by atoms with Gasteiger partial charge in [0, 0.05) is 12.7 Å². The maximum absolute atomic E-state index is 4.34. The lowest BCUT2D eigenvalue weighted by molar-refractivity contribution is 0.759. The van der Waals surface area contributed by atoms with E-state index in [-0.39, 0.29) is 0 Å². The van der Waals surface area contributed by atoms with E-state index < -0.39 is 0 Å². The van der Waals surface area contributed by atoms with Gasteiger partial charge < -0.3 is 5.32 Å². The normalized spacial score (nSPS) is 10.4. The second kappa shape index (κ2) is 3.93. The minimum absolute atomic E-state index is 0.676. The molecule has 72 valence electrons. The van der Waals surface area contributed by atoms with Crippen molar-refractivity contribution < 1.29 is 0 Å². The Bertz CT molecular complexity index is 396. The summed E-state index contributed by atoms with van der Waals surface area (Å²) in [5, 5.41) is 6.98. The molecule has 0 radical (unpaired) electrons. The number of nitrogens with one attached hydrogen (secondary N) is 1. The Labute approximate surface area is 81.0 Å². The first-order valence-corrected chi connectivity index (χ1v) is 4.20. The van der Waals surface area contributed by atoms with Gasteiger partial charge in [-0.25, -0.2) is 14.6 Å². The van der Waals surface area contributed by atoms with Crippen molar-refractivity contribution in [1.82, 2.24) is 30.0 Å². The first kappa shape index (κ1) is 8.76. The lowest BCUT2D eigenvalue weighted by atomic mass is 10.4. The largest absolute Gasteiger partial charge is 0.314 e. The van der Waals surface area contributed by atoms with E-state index in [2.05, 4.69) is 25.4 Å². The highest BCUT2D eigenvalue weighted by atomic mass is 15.3. The first-order valence-electron chi connectivity index (χ1n) is 4.20. The maximum Gasteiger partial charge on any atom is 0.173 e. The van der Waals surface area contributed by atoms with E-state index in [9.17, 15) is 0 Å². The summed E-state index contributed by atoms with van der Waals surface area (Å²) in [5.74, 6) is 0.676. The lowest BCUT2D eigenvalue weighted by Gasteiger charge is -2.01. The Balaban J connectivity index is 2.31. The second-order valence-electron chi connectivity index (χ2n) is 2.74. The molecule has 2 rings (SSSR count). The van der Waals surface area contributed by atoms with Crippen LogP contribution in [0.5, 0.6) is 0 Å². The fourth-order valence-electron chi connectivity index (χ4n) is 1.10. The zero-order valence-corrected chi connectivity index (χ0v) is 7.75. The Kier molecular flexibility index (Phi) is 2.46. The van der Waals surface area contributed by atoms with Gasteiger partial charge in [0.15, 0.2) is 5.82 Å². The summed E-state index contributed by atoms with van der Waals surface area (Å²) in [6.07, 6.45) is 6.42. The smallest absolute Gasteiger partial charge is 0.173 e. The van der Waals surface area contributed by atoms with Crippen molar-refractivity contribution in [1.29, 1.82) is 0 Å². The number of rotatable bonds is 3. The molecule has 0 saturated carbocycles. The molecule has 2 heterocycles. The van der Waals surface area contributed by atoms with Crippen LogP contribution in [0.3, 0.4) is 0 Å². The van der Waals surface area contributed by atoms with Crippen LogP contribution >= 0.6 is 0 Å². The third kappa shape index (κ3) is 1.74. The average molecular weight is 190 g/mol. The lowest BCUT2D eigenvalue weighted by Crippen LogP contribution is -2.09. The minimum atomic E-state index is 0.676. The molecule has 0 fully saturated rings. The van der Waals surface area contributed by atoms with Crippen molar-refractivity contribution in [3.05, 3.63) is 30.7 Å². The predicted molar refractivity (Wildman–Crippen MR) is 49.7 cm³/mol. The summed E-state index contributed by atoms with van der Waals surface area (Å²) in [4.78, 5) is 12.3. The van der Waals surface area contributed by atoms with Gasteiger partial charge >= 0.3 is 0 Å². The summed E-state index contributed by atoms with van der Waals surface area (Å²) in [7, 11) is 1.86. The molecular formula is C8H10N6. The maximum atomic E-state index is 4.34. The highest BCUT2D eigenvalue weighted by molar-refractivity contribution is 5.16.